The van der Waals surface area contributed by atoms with Crippen molar-refractivity contribution >= 4 is 33.2 Å². The lowest BCUT2D eigenvalue weighted by Crippen LogP contribution is -2.51. The van der Waals surface area contributed by atoms with E-state index in [9.17, 15) is 13.2 Å². The Kier molecular flexibility index (Phi) is 7.23. The molecular weight excluding hydrogens is 426 g/mol. The van der Waals surface area contributed by atoms with Gasteiger partial charge in [0, 0.05) is 37.7 Å². The number of carbonyl (C=O) groups excluding carboxylic acids is 1. The van der Waals surface area contributed by atoms with E-state index < -0.39 is 10.0 Å². The summed E-state index contributed by atoms with van der Waals surface area (Å²) in [4.78, 5) is 16.8. The SMILES string of the molecule is CCN(CC(=O)N1CCN(c2ccccc2OC)CC1)S(=O)(=O)c1ccc(Cl)cc1. The molecule has 0 N–H and O–H groups in total. The molecular formula is C21H26ClN3O4S. The molecule has 1 aliphatic rings. The first-order chi connectivity index (χ1) is 14.4. The minimum absolute atomic E-state index is 0.127. The van der Waals surface area contributed by atoms with Gasteiger partial charge in [-0.25, -0.2) is 8.42 Å². The van der Waals surface area contributed by atoms with E-state index >= 15 is 0 Å². The number of ether oxygens (including phenoxy) is 1. The van der Waals surface area contributed by atoms with E-state index in [1.165, 1.54) is 28.6 Å². The molecule has 1 fully saturated rings. The Labute approximate surface area is 182 Å². The molecule has 0 unspecified atom stereocenters. The van der Waals surface area contributed by atoms with E-state index in [0.29, 0.717) is 31.2 Å². The van der Waals surface area contributed by atoms with Crippen molar-refractivity contribution in [3.63, 3.8) is 0 Å². The summed E-state index contributed by atoms with van der Waals surface area (Å²) in [7, 11) is -2.13. The second kappa shape index (κ2) is 9.68. The Balaban J connectivity index is 1.64. The smallest absolute Gasteiger partial charge is 0.243 e. The third kappa shape index (κ3) is 4.88. The maximum absolute atomic E-state index is 12.9. The zero-order chi connectivity index (χ0) is 21.7. The topological polar surface area (TPSA) is 70.2 Å². The van der Waals surface area contributed by atoms with Crippen LogP contribution in [0.4, 0.5) is 5.69 Å². The molecule has 162 valence electrons. The first kappa shape index (κ1) is 22.4. The fourth-order valence-corrected chi connectivity index (χ4v) is 4.99. The van der Waals surface area contributed by atoms with Crippen LogP contribution in [0, 0.1) is 0 Å². The molecule has 0 aliphatic carbocycles. The van der Waals surface area contributed by atoms with E-state index in [2.05, 4.69) is 4.90 Å². The lowest BCUT2D eigenvalue weighted by molar-refractivity contribution is -0.131. The van der Waals surface area contributed by atoms with Gasteiger partial charge in [-0.2, -0.15) is 4.31 Å². The van der Waals surface area contributed by atoms with Gasteiger partial charge in [-0.15, -0.1) is 0 Å². The highest BCUT2D eigenvalue weighted by Crippen LogP contribution is 2.28. The van der Waals surface area contributed by atoms with E-state index in [4.69, 9.17) is 16.3 Å². The first-order valence-electron chi connectivity index (χ1n) is 9.78. The minimum Gasteiger partial charge on any atom is -0.495 e. The van der Waals surface area contributed by atoms with Gasteiger partial charge in [0.25, 0.3) is 0 Å². The number of hydrogen-bond acceptors (Lipinski definition) is 5. The summed E-state index contributed by atoms with van der Waals surface area (Å²) < 4.78 is 32.4. The Hall–Kier alpha value is -2.29. The van der Waals surface area contributed by atoms with Gasteiger partial charge < -0.3 is 14.5 Å². The molecule has 0 aromatic heterocycles. The molecule has 0 saturated carbocycles. The fraction of sp³-hybridized carbons (Fsp3) is 0.381. The maximum atomic E-state index is 12.9. The highest BCUT2D eigenvalue weighted by Gasteiger charge is 2.29. The molecule has 2 aromatic rings. The average molecular weight is 452 g/mol. The molecule has 9 heteroatoms. The van der Waals surface area contributed by atoms with Crippen LogP contribution in [-0.4, -0.2) is 69.9 Å². The quantitative estimate of drug-likeness (QED) is 0.647. The van der Waals surface area contributed by atoms with Gasteiger partial charge in [-0.3, -0.25) is 4.79 Å². The molecule has 1 amide bonds. The van der Waals surface area contributed by atoms with Crippen molar-refractivity contribution in [1.29, 1.82) is 0 Å². The molecule has 1 aliphatic heterocycles. The van der Waals surface area contributed by atoms with Crippen LogP contribution in [0.25, 0.3) is 0 Å². The summed E-state index contributed by atoms with van der Waals surface area (Å²) in [5.41, 5.74) is 0.993. The molecule has 0 atom stereocenters. The van der Waals surface area contributed by atoms with E-state index in [-0.39, 0.29) is 23.9 Å². The summed E-state index contributed by atoms with van der Waals surface area (Å²) in [6.07, 6.45) is 0. The first-order valence-corrected chi connectivity index (χ1v) is 11.6. The van der Waals surface area contributed by atoms with Crippen molar-refractivity contribution in [2.45, 2.75) is 11.8 Å². The van der Waals surface area contributed by atoms with Crippen LogP contribution in [0.3, 0.4) is 0 Å². The highest BCUT2D eigenvalue weighted by atomic mass is 35.5. The van der Waals surface area contributed by atoms with Gasteiger partial charge in [0.15, 0.2) is 0 Å². The maximum Gasteiger partial charge on any atom is 0.243 e. The number of rotatable bonds is 7. The predicted octanol–water partition coefficient (Wildman–Crippen LogP) is 2.71. The minimum atomic E-state index is -3.76. The summed E-state index contributed by atoms with van der Waals surface area (Å²) in [5, 5.41) is 0.459. The summed E-state index contributed by atoms with van der Waals surface area (Å²) >= 11 is 5.86. The standard InChI is InChI=1S/C21H26ClN3O4S/c1-3-25(30(27,28)18-10-8-17(22)9-11-18)16-21(26)24-14-12-23(13-15-24)19-6-4-5-7-20(19)29-2/h4-11H,3,12-16H2,1-2H3. The van der Waals surface area contributed by atoms with E-state index in [1.807, 2.05) is 24.3 Å². The molecule has 1 saturated heterocycles. The molecule has 0 radical (unpaired) electrons. The van der Waals surface area contributed by atoms with E-state index in [1.54, 1.807) is 18.9 Å². The number of benzene rings is 2. The number of para-hydroxylation sites is 2. The zero-order valence-electron chi connectivity index (χ0n) is 17.1. The lowest BCUT2D eigenvalue weighted by Gasteiger charge is -2.37. The second-order valence-electron chi connectivity index (χ2n) is 6.92. The van der Waals surface area contributed by atoms with Crippen molar-refractivity contribution in [1.82, 2.24) is 9.21 Å². The van der Waals surface area contributed by atoms with Crippen LogP contribution in [0.2, 0.25) is 5.02 Å². The molecule has 7 nitrogen and oxygen atoms in total. The Morgan fingerprint density at radius 3 is 2.30 bits per heavy atom. The van der Waals surface area contributed by atoms with Crippen molar-refractivity contribution < 1.29 is 17.9 Å². The van der Waals surface area contributed by atoms with E-state index in [0.717, 1.165) is 11.4 Å². The van der Waals surface area contributed by atoms with Gasteiger partial charge in [0.2, 0.25) is 15.9 Å². The van der Waals surface area contributed by atoms with Crippen LogP contribution in [-0.2, 0) is 14.8 Å². The third-order valence-corrected chi connectivity index (χ3v) is 7.36. The number of piperazine rings is 1. The van der Waals surface area contributed by atoms with Crippen LogP contribution in [0.1, 0.15) is 6.92 Å². The molecule has 30 heavy (non-hydrogen) atoms. The predicted molar refractivity (Wildman–Crippen MR) is 118 cm³/mol. The molecule has 0 spiro atoms. The van der Waals surface area contributed by atoms with Crippen molar-refractivity contribution in [2.75, 3.05) is 51.3 Å². The van der Waals surface area contributed by atoms with Crippen LogP contribution < -0.4 is 9.64 Å². The number of anilines is 1. The largest absolute Gasteiger partial charge is 0.495 e. The van der Waals surface area contributed by atoms with Crippen molar-refractivity contribution in [2.24, 2.45) is 0 Å². The summed E-state index contributed by atoms with van der Waals surface area (Å²) in [6.45, 7) is 4.10. The number of sulfonamides is 1. The van der Waals surface area contributed by atoms with Crippen molar-refractivity contribution in [3.8, 4) is 5.75 Å². The van der Waals surface area contributed by atoms with Crippen LogP contribution in [0.5, 0.6) is 5.75 Å². The number of likely N-dealkylation sites (N-methyl/N-ethyl adjacent to an activating group) is 1. The highest BCUT2D eigenvalue weighted by molar-refractivity contribution is 7.89. The number of hydrogen-bond donors (Lipinski definition) is 0. The average Bonchev–Trinajstić information content (AvgIpc) is 2.77. The molecule has 3 rings (SSSR count). The van der Waals surface area contributed by atoms with Crippen LogP contribution >= 0.6 is 11.6 Å². The Morgan fingerprint density at radius 1 is 1.07 bits per heavy atom. The lowest BCUT2D eigenvalue weighted by atomic mass is 10.2. The fourth-order valence-electron chi connectivity index (χ4n) is 3.46. The summed E-state index contributed by atoms with van der Waals surface area (Å²) in [6, 6.07) is 13.7. The number of carbonyl (C=O) groups is 1. The van der Waals surface area contributed by atoms with Crippen molar-refractivity contribution in [3.05, 3.63) is 53.6 Å². The number of amides is 1. The monoisotopic (exact) mass is 451 g/mol. The number of halogens is 1. The Bertz CT molecular complexity index is 974. The second-order valence-corrected chi connectivity index (χ2v) is 9.30. The third-order valence-electron chi connectivity index (χ3n) is 5.17. The van der Waals surface area contributed by atoms with Gasteiger partial charge >= 0.3 is 0 Å². The van der Waals surface area contributed by atoms with Gasteiger partial charge in [-0.05, 0) is 36.4 Å². The number of nitrogens with zero attached hydrogens (tertiary/aromatic N) is 3. The number of methoxy groups -OCH3 is 1. The normalized spacial score (nSPS) is 14.8. The Morgan fingerprint density at radius 2 is 1.70 bits per heavy atom. The van der Waals surface area contributed by atoms with Gasteiger partial charge in [0.05, 0.1) is 24.2 Å². The molecule has 0 bridgehead atoms. The van der Waals surface area contributed by atoms with Gasteiger partial charge in [0.1, 0.15) is 5.75 Å². The van der Waals surface area contributed by atoms with Gasteiger partial charge in [-0.1, -0.05) is 30.7 Å². The molecule has 2 aromatic carbocycles. The zero-order valence-corrected chi connectivity index (χ0v) is 18.7. The van der Waals surface area contributed by atoms with Crippen LogP contribution in [0.15, 0.2) is 53.4 Å². The summed E-state index contributed by atoms with van der Waals surface area (Å²) in [5.74, 6) is 0.595. The molecule has 1 heterocycles.